The van der Waals surface area contributed by atoms with Gasteiger partial charge in [0.05, 0.1) is 6.10 Å². The number of fused-ring (bicyclic) bond motifs is 1. The van der Waals surface area contributed by atoms with Crippen LogP contribution in [-0.2, 0) is 11.2 Å². The lowest BCUT2D eigenvalue weighted by Gasteiger charge is -2.37. The smallest absolute Gasteiger partial charge is 0.115 e. The van der Waals surface area contributed by atoms with Gasteiger partial charge < -0.3 is 9.84 Å². The van der Waals surface area contributed by atoms with Crippen molar-refractivity contribution in [1.29, 1.82) is 0 Å². The molecule has 19 heavy (non-hydrogen) atoms. The maximum Gasteiger partial charge on any atom is 0.115 e. The highest BCUT2D eigenvalue weighted by Crippen LogP contribution is 2.38. The zero-order chi connectivity index (χ0) is 13.2. The third kappa shape index (κ3) is 2.63. The number of benzene rings is 1. The molecular weight excluding hydrogens is 238 g/mol. The number of likely N-dealkylation sites (tertiary alicyclic amines) is 1. The van der Waals surface area contributed by atoms with Crippen LogP contribution in [0.15, 0.2) is 18.2 Å². The van der Waals surface area contributed by atoms with Gasteiger partial charge in [-0.1, -0.05) is 6.07 Å². The minimum Gasteiger partial charge on any atom is -0.508 e. The minimum atomic E-state index is 0.394. The van der Waals surface area contributed by atoms with Crippen LogP contribution in [0.2, 0.25) is 0 Å². The number of aryl methyl sites for hydroxylation is 1. The van der Waals surface area contributed by atoms with E-state index < -0.39 is 0 Å². The average Bonchev–Trinajstić information content (AvgIpc) is 2.82. The molecule has 0 bridgehead atoms. The van der Waals surface area contributed by atoms with Crippen LogP contribution >= 0.6 is 0 Å². The lowest BCUT2D eigenvalue weighted by Crippen LogP contribution is -2.41. The number of phenolic OH excluding ortho intramolecular Hbond substituents is 1. The average molecular weight is 261 g/mol. The van der Waals surface area contributed by atoms with Crippen molar-refractivity contribution in [1.82, 2.24) is 4.90 Å². The Morgan fingerprint density at radius 2 is 2.26 bits per heavy atom. The zero-order valence-corrected chi connectivity index (χ0v) is 11.6. The molecule has 3 rings (SSSR count). The fourth-order valence-corrected chi connectivity index (χ4v) is 3.58. The second-order valence-electron chi connectivity index (χ2n) is 5.65. The number of nitrogens with zero attached hydrogens (tertiary/aromatic N) is 1. The standard InChI is InChI=1S/C16H23NO2/c1-2-19-14-4-3-9-17(11-14)16-8-5-12-10-13(18)6-7-15(12)16/h6-7,10,14,16,18H,2-5,8-9,11H2,1H3. The molecule has 3 heteroatoms. The van der Waals surface area contributed by atoms with Gasteiger partial charge in [0.1, 0.15) is 5.75 Å². The van der Waals surface area contributed by atoms with Crippen LogP contribution in [0, 0.1) is 0 Å². The van der Waals surface area contributed by atoms with E-state index in [0.717, 1.165) is 19.6 Å². The van der Waals surface area contributed by atoms with Gasteiger partial charge in [-0.15, -0.1) is 0 Å². The quantitative estimate of drug-likeness (QED) is 0.908. The van der Waals surface area contributed by atoms with Crippen molar-refractivity contribution in [2.24, 2.45) is 0 Å². The van der Waals surface area contributed by atoms with Crippen molar-refractivity contribution in [3.05, 3.63) is 29.3 Å². The maximum absolute atomic E-state index is 9.57. The van der Waals surface area contributed by atoms with E-state index in [1.54, 1.807) is 0 Å². The molecule has 0 radical (unpaired) electrons. The van der Waals surface area contributed by atoms with Crippen LogP contribution in [0.25, 0.3) is 0 Å². The predicted molar refractivity (Wildman–Crippen MR) is 75.4 cm³/mol. The Morgan fingerprint density at radius 3 is 3.11 bits per heavy atom. The Balaban J connectivity index is 1.74. The predicted octanol–water partition coefficient (Wildman–Crippen LogP) is 2.88. The van der Waals surface area contributed by atoms with Crippen LogP contribution in [0.5, 0.6) is 5.75 Å². The fraction of sp³-hybridized carbons (Fsp3) is 0.625. The summed E-state index contributed by atoms with van der Waals surface area (Å²) in [6.45, 7) is 5.12. The Morgan fingerprint density at radius 1 is 1.37 bits per heavy atom. The Kier molecular flexibility index (Phi) is 3.76. The number of aromatic hydroxyl groups is 1. The molecule has 104 valence electrons. The molecule has 0 spiro atoms. The minimum absolute atomic E-state index is 0.394. The van der Waals surface area contributed by atoms with Crippen molar-refractivity contribution in [3.8, 4) is 5.75 Å². The van der Waals surface area contributed by atoms with E-state index in [1.165, 1.54) is 36.9 Å². The van der Waals surface area contributed by atoms with Gasteiger partial charge in [0.25, 0.3) is 0 Å². The van der Waals surface area contributed by atoms with Crippen LogP contribution in [-0.4, -0.2) is 35.8 Å². The molecule has 1 aliphatic heterocycles. The summed E-state index contributed by atoms with van der Waals surface area (Å²) < 4.78 is 5.80. The highest BCUT2D eigenvalue weighted by Gasteiger charge is 2.31. The Hall–Kier alpha value is -1.06. The topological polar surface area (TPSA) is 32.7 Å². The van der Waals surface area contributed by atoms with E-state index in [-0.39, 0.29) is 0 Å². The summed E-state index contributed by atoms with van der Waals surface area (Å²) in [6, 6.07) is 6.38. The van der Waals surface area contributed by atoms with E-state index in [4.69, 9.17) is 4.74 Å². The summed E-state index contributed by atoms with van der Waals surface area (Å²) in [4.78, 5) is 2.58. The van der Waals surface area contributed by atoms with Crippen molar-refractivity contribution in [3.63, 3.8) is 0 Å². The molecule has 0 saturated carbocycles. The van der Waals surface area contributed by atoms with Crippen molar-refractivity contribution in [2.45, 2.75) is 44.8 Å². The molecule has 1 N–H and O–H groups in total. The van der Waals surface area contributed by atoms with Gasteiger partial charge in [-0.05, 0) is 62.4 Å². The first kappa shape index (κ1) is 12.9. The number of phenols is 1. The van der Waals surface area contributed by atoms with Gasteiger partial charge in [-0.2, -0.15) is 0 Å². The van der Waals surface area contributed by atoms with E-state index in [2.05, 4.69) is 17.9 Å². The van der Waals surface area contributed by atoms with E-state index in [0.29, 0.717) is 17.9 Å². The summed E-state index contributed by atoms with van der Waals surface area (Å²) in [5.74, 6) is 0.394. The first-order chi connectivity index (χ1) is 9.28. The molecule has 0 aromatic heterocycles. The monoisotopic (exact) mass is 261 g/mol. The molecule has 1 heterocycles. The number of hydrogen-bond donors (Lipinski definition) is 1. The molecule has 2 atom stereocenters. The molecule has 1 aliphatic carbocycles. The van der Waals surface area contributed by atoms with Gasteiger partial charge in [0, 0.05) is 19.2 Å². The second-order valence-corrected chi connectivity index (χ2v) is 5.65. The molecule has 1 aromatic carbocycles. The number of ether oxygens (including phenoxy) is 1. The largest absolute Gasteiger partial charge is 0.508 e. The number of hydrogen-bond acceptors (Lipinski definition) is 3. The zero-order valence-electron chi connectivity index (χ0n) is 11.6. The van der Waals surface area contributed by atoms with Gasteiger partial charge in [0.15, 0.2) is 0 Å². The molecule has 1 saturated heterocycles. The van der Waals surface area contributed by atoms with E-state index in [9.17, 15) is 5.11 Å². The van der Waals surface area contributed by atoms with Crippen molar-refractivity contribution in [2.75, 3.05) is 19.7 Å². The van der Waals surface area contributed by atoms with E-state index >= 15 is 0 Å². The van der Waals surface area contributed by atoms with Gasteiger partial charge >= 0.3 is 0 Å². The molecule has 1 aromatic rings. The van der Waals surface area contributed by atoms with Crippen LogP contribution in [0.3, 0.4) is 0 Å². The van der Waals surface area contributed by atoms with Gasteiger partial charge in [-0.3, -0.25) is 4.90 Å². The summed E-state index contributed by atoms with van der Waals surface area (Å²) in [5, 5.41) is 9.57. The molecule has 1 fully saturated rings. The first-order valence-electron chi connectivity index (χ1n) is 7.45. The molecular formula is C16H23NO2. The summed E-state index contributed by atoms with van der Waals surface area (Å²) in [6.07, 6.45) is 5.09. The number of rotatable bonds is 3. The Labute approximate surface area is 115 Å². The van der Waals surface area contributed by atoms with Crippen LogP contribution in [0.1, 0.15) is 43.4 Å². The van der Waals surface area contributed by atoms with Crippen molar-refractivity contribution < 1.29 is 9.84 Å². The Bertz CT molecular complexity index is 444. The maximum atomic E-state index is 9.57. The van der Waals surface area contributed by atoms with Crippen LogP contribution in [0.4, 0.5) is 0 Å². The lowest BCUT2D eigenvalue weighted by molar-refractivity contribution is -0.00753. The summed E-state index contributed by atoms with van der Waals surface area (Å²) in [7, 11) is 0. The SMILES string of the molecule is CCOC1CCCN(C2CCc3cc(O)ccc32)C1. The lowest BCUT2D eigenvalue weighted by atomic mass is 10.0. The summed E-state index contributed by atoms with van der Waals surface area (Å²) in [5.41, 5.74) is 2.73. The highest BCUT2D eigenvalue weighted by atomic mass is 16.5. The first-order valence-corrected chi connectivity index (χ1v) is 7.45. The van der Waals surface area contributed by atoms with E-state index in [1.807, 2.05) is 12.1 Å². The molecule has 3 nitrogen and oxygen atoms in total. The third-order valence-corrected chi connectivity index (χ3v) is 4.43. The molecule has 2 unspecified atom stereocenters. The highest BCUT2D eigenvalue weighted by molar-refractivity contribution is 5.40. The third-order valence-electron chi connectivity index (χ3n) is 4.43. The van der Waals surface area contributed by atoms with Gasteiger partial charge in [0.2, 0.25) is 0 Å². The van der Waals surface area contributed by atoms with Crippen molar-refractivity contribution >= 4 is 0 Å². The number of piperidine rings is 1. The summed E-state index contributed by atoms with van der Waals surface area (Å²) >= 11 is 0. The molecule has 0 amide bonds. The fourth-order valence-electron chi connectivity index (χ4n) is 3.58. The van der Waals surface area contributed by atoms with Crippen LogP contribution < -0.4 is 0 Å². The normalized spacial score (nSPS) is 27.4. The molecule has 2 aliphatic rings. The van der Waals surface area contributed by atoms with Gasteiger partial charge in [-0.25, -0.2) is 0 Å². The second kappa shape index (κ2) is 5.51.